The van der Waals surface area contributed by atoms with E-state index in [0.29, 0.717) is 25.5 Å². The van der Waals surface area contributed by atoms with Crippen molar-refractivity contribution in [3.8, 4) is 0 Å². The number of para-hydroxylation sites is 1. The van der Waals surface area contributed by atoms with Crippen LogP contribution in [0.25, 0.3) is 0 Å². The van der Waals surface area contributed by atoms with Crippen molar-refractivity contribution in [3.63, 3.8) is 0 Å². The number of carbonyl (C=O) groups is 1. The number of aromatic nitrogens is 3. The summed E-state index contributed by atoms with van der Waals surface area (Å²) in [5, 5.41) is 8.34. The van der Waals surface area contributed by atoms with Crippen LogP contribution in [-0.4, -0.2) is 52.4 Å². The number of hydrogen-bond donors (Lipinski definition) is 0. The lowest BCUT2D eigenvalue weighted by atomic mass is 9.99. The number of rotatable bonds is 4. The maximum atomic E-state index is 13.2. The second-order valence-corrected chi connectivity index (χ2v) is 7.44. The highest BCUT2D eigenvalue weighted by atomic mass is 16.5. The topological polar surface area (TPSA) is 69.5 Å². The lowest BCUT2D eigenvalue weighted by Crippen LogP contribution is -2.45. The molecule has 0 bridgehead atoms. The molecule has 1 aromatic heterocycles. The first kappa shape index (κ1) is 17.2. The van der Waals surface area contributed by atoms with Gasteiger partial charge in [-0.2, -0.15) is 0 Å². The predicted octanol–water partition coefficient (Wildman–Crippen LogP) is 2.24. The Balaban J connectivity index is 1.61. The van der Waals surface area contributed by atoms with Gasteiger partial charge >= 0.3 is 0 Å². The van der Waals surface area contributed by atoms with Crippen LogP contribution in [0.15, 0.2) is 30.5 Å². The van der Waals surface area contributed by atoms with Gasteiger partial charge in [-0.3, -0.25) is 4.79 Å². The lowest BCUT2D eigenvalue weighted by molar-refractivity contribution is 0.0340. The van der Waals surface area contributed by atoms with Crippen molar-refractivity contribution in [2.45, 2.75) is 44.9 Å². The van der Waals surface area contributed by atoms with Crippen LogP contribution in [0.1, 0.15) is 42.9 Å². The molecule has 26 heavy (non-hydrogen) atoms. The number of ether oxygens (including phenoxy) is 2. The molecule has 138 valence electrons. The molecule has 0 saturated carbocycles. The number of anilines is 1. The van der Waals surface area contributed by atoms with Crippen LogP contribution in [0, 0.1) is 0 Å². The third-order valence-corrected chi connectivity index (χ3v) is 5.11. The van der Waals surface area contributed by atoms with E-state index in [1.807, 2.05) is 30.0 Å². The van der Waals surface area contributed by atoms with Gasteiger partial charge in [0.2, 0.25) is 0 Å². The first-order valence-corrected chi connectivity index (χ1v) is 9.05. The first-order chi connectivity index (χ1) is 12.5. The minimum Gasteiger partial charge on any atom is -0.376 e. The van der Waals surface area contributed by atoms with Crippen molar-refractivity contribution in [1.82, 2.24) is 15.0 Å². The molecule has 2 aliphatic rings. The van der Waals surface area contributed by atoms with Crippen LogP contribution in [-0.2, 0) is 15.9 Å². The normalized spacial score (nSPS) is 24.0. The molecule has 1 saturated heterocycles. The number of nitrogens with zero attached hydrogens (tertiary/aromatic N) is 4. The van der Waals surface area contributed by atoms with E-state index in [2.05, 4.69) is 30.2 Å². The highest BCUT2D eigenvalue weighted by Gasteiger charge is 2.41. The fraction of sp³-hybridized carbons (Fsp3) is 0.526. The summed E-state index contributed by atoms with van der Waals surface area (Å²) < 4.78 is 12.9. The average Bonchev–Trinajstić information content (AvgIpc) is 3.29. The van der Waals surface area contributed by atoms with E-state index in [4.69, 9.17) is 9.47 Å². The maximum absolute atomic E-state index is 13.2. The van der Waals surface area contributed by atoms with E-state index in [-0.39, 0.29) is 23.6 Å². The van der Waals surface area contributed by atoms with Gasteiger partial charge in [-0.05, 0) is 38.8 Å². The zero-order chi connectivity index (χ0) is 18.3. The van der Waals surface area contributed by atoms with Crippen molar-refractivity contribution < 1.29 is 14.3 Å². The molecule has 4 rings (SSSR count). The molecular formula is C19H24N4O3. The molecule has 2 aliphatic heterocycles. The zero-order valence-corrected chi connectivity index (χ0v) is 15.4. The van der Waals surface area contributed by atoms with Crippen LogP contribution in [0.2, 0.25) is 0 Å². The fourth-order valence-corrected chi connectivity index (χ4v) is 3.93. The van der Waals surface area contributed by atoms with E-state index in [1.165, 1.54) is 5.56 Å². The first-order valence-electron chi connectivity index (χ1n) is 9.05. The van der Waals surface area contributed by atoms with Crippen molar-refractivity contribution in [1.29, 1.82) is 0 Å². The maximum Gasteiger partial charge on any atom is 0.280 e. The van der Waals surface area contributed by atoms with Crippen molar-refractivity contribution in [2.24, 2.45) is 0 Å². The van der Waals surface area contributed by atoms with Crippen LogP contribution < -0.4 is 4.90 Å². The molecule has 0 aliphatic carbocycles. The van der Waals surface area contributed by atoms with E-state index in [0.717, 1.165) is 12.1 Å². The van der Waals surface area contributed by atoms with Gasteiger partial charge in [0.1, 0.15) is 12.1 Å². The molecule has 0 unspecified atom stereocenters. The van der Waals surface area contributed by atoms with E-state index >= 15 is 0 Å². The van der Waals surface area contributed by atoms with E-state index in [9.17, 15) is 4.79 Å². The zero-order valence-electron chi connectivity index (χ0n) is 15.4. The molecule has 7 nitrogen and oxygen atoms in total. The van der Waals surface area contributed by atoms with Crippen molar-refractivity contribution in [2.75, 3.05) is 24.7 Å². The Labute approximate surface area is 152 Å². The molecule has 0 radical (unpaired) electrons. The van der Waals surface area contributed by atoms with Crippen LogP contribution in [0.5, 0.6) is 0 Å². The van der Waals surface area contributed by atoms with Gasteiger partial charge in [-0.1, -0.05) is 23.4 Å². The van der Waals surface area contributed by atoms with Gasteiger partial charge in [0.15, 0.2) is 5.69 Å². The van der Waals surface area contributed by atoms with Crippen LogP contribution in [0.3, 0.4) is 0 Å². The van der Waals surface area contributed by atoms with Gasteiger partial charge in [-0.15, -0.1) is 5.10 Å². The van der Waals surface area contributed by atoms with Gasteiger partial charge in [0, 0.05) is 17.8 Å². The SMILES string of the molecule is CCO[C@@H]1COC[C@H]1n1cc(C(=O)N2c3ccccc3CC2(C)C)nn1. The van der Waals surface area contributed by atoms with Crippen molar-refractivity contribution in [3.05, 3.63) is 41.7 Å². The summed E-state index contributed by atoms with van der Waals surface area (Å²) >= 11 is 0. The molecule has 0 spiro atoms. The summed E-state index contributed by atoms with van der Waals surface area (Å²) in [5.74, 6) is -0.127. The molecule has 1 aromatic carbocycles. The van der Waals surface area contributed by atoms with Gasteiger partial charge < -0.3 is 14.4 Å². The van der Waals surface area contributed by atoms with Crippen molar-refractivity contribution >= 4 is 11.6 Å². The predicted molar refractivity (Wildman–Crippen MR) is 96.3 cm³/mol. The van der Waals surface area contributed by atoms with Gasteiger partial charge in [0.25, 0.3) is 5.91 Å². The third-order valence-electron chi connectivity index (χ3n) is 5.11. The molecule has 3 heterocycles. The average molecular weight is 356 g/mol. The molecule has 0 N–H and O–H groups in total. The molecule has 2 atom stereocenters. The highest BCUT2D eigenvalue weighted by Crippen LogP contribution is 2.39. The smallest absolute Gasteiger partial charge is 0.280 e. The molecule has 7 heteroatoms. The Morgan fingerprint density at radius 1 is 1.35 bits per heavy atom. The lowest BCUT2D eigenvalue weighted by Gasteiger charge is -2.31. The van der Waals surface area contributed by atoms with E-state index < -0.39 is 0 Å². The number of hydrogen-bond acceptors (Lipinski definition) is 5. The van der Waals surface area contributed by atoms with Crippen LogP contribution >= 0.6 is 0 Å². The molecule has 1 amide bonds. The summed E-state index contributed by atoms with van der Waals surface area (Å²) in [5.41, 5.74) is 2.18. The van der Waals surface area contributed by atoms with E-state index in [1.54, 1.807) is 10.9 Å². The quantitative estimate of drug-likeness (QED) is 0.840. The van der Waals surface area contributed by atoms with Gasteiger partial charge in [-0.25, -0.2) is 4.68 Å². The largest absolute Gasteiger partial charge is 0.376 e. The minimum atomic E-state index is -0.297. The second-order valence-electron chi connectivity index (χ2n) is 7.44. The second kappa shape index (κ2) is 6.48. The van der Waals surface area contributed by atoms with Crippen LogP contribution in [0.4, 0.5) is 5.69 Å². The highest BCUT2D eigenvalue weighted by molar-refractivity contribution is 6.07. The Morgan fingerprint density at radius 2 is 2.15 bits per heavy atom. The standard InChI is InChI=1S/C19H24N4O3/c1-4-26-17-12-25-11-16(17)22-10-14(20-21-22)18(24)23-15-8-6-5-7-13(15)9-19(23,2)3/h5-8,10,16-17H,4,9,11-12H2,1-3H3/t16-,17-/m1/s1. The summed E-state index contributed by atoms with van der Waals surface area (Å²) in [6.45, 7) is 7.77. The number of carbonyl (C=O) groups excluding carboxylic acids is 1. The Morgan fingerprint density at radius 3 is 2.96 bits per heavy atom. The van der Waals surface area contributed by atoms with Gasteiger partial charge in [0.05, 0.1) is 19.4 Å². The molecule has 2 aromatic rings. The molecule has 1 fully saturated rings. The fourth-order valence-electron chi connectivity index (χ4n) is 3.93. The summed E-state index contributed by atoms with van der Waals surface area (Å²) in [4.78, 5) is 15.0. The number of benzene rings is 1. The number of amides is 1. The Kier molecular flexibility index (Phi) is 4.28. The third kappa shape index (κ3) is 2.81. The monoisotopic (exact) mass is 356 g/mol. The Hall–Kier alpha value is -2.25. The summed E-state index contributed by atoms with van der Waals surface area (Å²) in [7, 11) is 0. The number of fused-ring (bicyclic) bond motifs is 1. The summed E-state index contributed by atoms with van der Waals surface area (Å²) in [6, 6.07) is 7.97. The summed E-state index contributed by atoms with van der Waals surface area (Å²) in [6.07, 6.45) is 2.48. The molecular weight excluding hydrogens is 332 g/mol. The minimum absolute atomic E-state index is 0.0529. The Bertz CT molecular complexity index is 817.